The standard InChI is InChI=1S/C23H25F4N4O6P/c1-13-9-16(11-17(10-13)23(25,26)27)14(2)37-21-20(15-3-5-18(24)6-4-15)30(7-8-36-21)12-19-28-22(32)31(29-19)38(33,34)35/h3-6,9-11,14,20-21H,7-8,12H2,1-2H3,(H,28,29,32)(H2,33,34,35)/t14-,20+,21-/m1/s1. The molecular formula is C23H25F4N4O6P. The average molecular weight is 560 g/mol. The number of aromatic nitrogens is 3. The first-order valence-electron chi connectivity index (χ1n) is 11.4. The second kappa shape index (κ2) is 10.7. The van der Waals surface area contributed by atoms with Crippen LogP contribution in [0.4, 0.5) is 17.6 Å². The largest absolute Gasteiger partial charge is 0.454 e. The number of nitrogens with zero attached hydrogens (tertiary/aromatic N) is 3. The molecule has 0 saturated carbocycles. The van der Waals surface area contributed by atoms with Gasteiger partial charge in [-0.3, -0.25) is 9.88 Å². The second-order valence-corrected chi connectivity index (χ2v) is 10.3. The monoisotopic (exact) mass is 560 g/mol. The van der Waals surface area contributed by atoms with Gasteiger partial charge in [-0.1, -0.05) is 23.8 Å². The SMILES string of the molecule is Cc1cc([C@@H](C)O[C@H]2OCCN(Cc3nn(P(=O)(O)O)c(=O)[nH]3)[C@H]2c2ccc(F)cc2)cc(C(F)(F)F)c1. The van der Waals surface area contributed by atoms with Crippen molar-refractivity contribution in [2.24, 2.45) is 0 Å². The van der Waals surface area contributed by atoms with Crippen LogP contribution in [-0.2, 0) is 26.8 Å². The Morgan fingerprint density at radius 1 is 1.24 bits per heavy atom. The summed E-state index contributed by atoms with van der Waals surface area (Å²) in [4.78, 5) is 34.6. The molecule has 15 heteroatoms. The van der Waals surface area contributed by atoms with Crippen LogP contribution in [0.15, 0.2) is 47.3 Å². The molecule has 2 heterocycles. The molecule has 0 spiro atoms. The highest BCUT2D eigenvalue weighted by molar-refractivity contribution is 7.49. The van der Waals surface area contributed by atoms with Crippen molar-refractivity contribution >= 4 is 7.75 Å². The number of nitrogens with one attached hydrogen (secondary N) is 1. The molecular weight excluding hydrogens is 535 g/mol. The third-order valence-electron chi connectivity index (χ3n) is 6.01. The molecule has 0 radical (unpaired) electrons. The number of rotatable bonds is 7. The quantitative estimate of drug-likeness (QED) is 0.295. The Balaban J connectivity index is 1.65. The Labute approximate surface area is 214 Å². The van der Waals surface area contributed by atoms with Crippen LogP contribution in [0.25, 0.3) is 0 Å². The van der Waals surface area contributed by atoms with E-state index in [4.69, 9.17) is 9.47 Å². The van der Waals surface area contributed by atoms with Crippen LogP contribution in [0.2, 0.25) is 0 Å². The number of alkyl halides is 3. The molecule has 0 unspecified atom stereocenters. The molecule has 38 heavy (non-hydrogen) atoms. The smallest absolute Gasteiger partial charge is 0.349 e. The number of halogens is 4. The maximum Gasteiger partial charge on any atom is 0.454 e. The Morgan fingerprint density at radius 3 is 2.53 bits per heavy atom. The van der Waals surface area contributed by atoms with Crippen molar-refractivity contribution in [1.82, 2.24) is 19.4 Å². The van der Waals surface area contributed by atoms with Crippen LogP contribution in [0, 0.1) is 12.7 Å². The van der Waals surface area contributed by atoms with Crippen molar-refractivity contribution in [3.05, 3.63) is 86.8 Å². The third-order valence-corrected chi connectivity index (χ3v) is 6.77. The molecule has 0 aliphatic carbocycles. The van der Waals surface area contributed by atoms with Crippen molar-refractivity contribution in [1.29, 1.82) is 0 Å². The number of hydrogen-bond donors (Lipinski definition) is 3. The van der Waals surface area contributed by atoms with Crippen LogP contribution in [-0.4, -0.2) is 48.7 Å². The summed E-state index contributed by atoms with van der Waals surface area (Å²) in [6.45, 7) is 3.43. The molecule has 206 valence electrons. The van der Waals surface area contributed by atoms with E-state index < -0.39 is 49.4 Å². The maximum absolute atomic E-state index is 13.7. The molecule has 0 amide bonds. The summed E-state index contributed by atoms with van der Waals surface area (Å²) in [5.41, 5.74) is -0.688. The minimum absolute atomic E-state index is 0.0434. The molecule has 1 aromatic heterocycles. The van der Waals surface area contributed by atoms with Crippen LogP contribution < -0.4 is 5.69 Å². The minimum Gasteiger partial charge on any atom is -0.349 e. The second-order valence-electron chi connectivity index (χ2n) is 8.89. The Kier molecular flexibility index (Phi) is 7.94. The van der Waals surface area contributed by atoms with Gasteiger partial charge < -0.3 is 19.3 Å². The first kappa shape index (κ1) is 28.1. The van der Waals surface area contributed by atoms with Gasteiger partial charge in [0.2, 0.25) is 0 Å². The fourth-order valence-corrected chi connectivity index (χ4v) is 4.81. The van der Waals surface area contributed by atoms with E-state index >= 15 is 0 Å². The molecule has 3 N–H and O–H groups in total. The maximum atomic E-state index is 13.7. The van der Waals surface area contributed by atoms with Crippen LogP contribution in [0.1, 0.15) is 47.1 Å². The van der Waals surface area contributed by atoms with Crippen molar-refractivity contribution in [3.8, 4) is 0 Å². The fourth-order valence-electron chi connectivity index (χ4n) is 4.30. The predicted molar refractivity (Wildman–Crippen MR) is 125 cm³/mol. The minimum atomic E-state index is -4.98. The van der Waals surface area contributed by atoms with Gasteiger partial charge >= 0.3 is 19.6 Å². The highest BCUT2D eigenvalue weighted by Crippen LogP contribution is 2.37. The lowest BCUT2D eigenvalue weighted by molar-refractivity contribution is -0.231. The summed E-state index contributed by atoms with van der Waals surface area (Å²) < 4.78 is 77.3. The van der Waals surface area contributed by atoms with Gasteiger partial charge in [0.25, 0.3) is 0 Å². The average Bonchev–Trinajstić information content (AvgIpc) is 3.19. The number of H-pyrrole nitrogens is 1. The van der Waals surface area contributed by atoms with Crippen LogP contribution >= 0.6 is 7.75 Å². The van der Waals surface area contributed by atoms with Gasteiger partial charge in [-0.2, -0.15) is 13.2 Å². The molecule has 1 aliphatic heterocycles. The summed E-state index contributed by atoms with van der Waals surface area (Å²) in [5, 5.41) is 3.69. The van der Waals surface area contributed by atoms with E-state index in [1.54, 1.807) is 24.8 Å². The predicted octanol–water partition coefficient (Wildman–Crippen LogP) is 3.66. The summed E-state index contributed by atoms with van der Waals surface area (Å²) >= 11 is 0. The van der Waals surface area contributed by atoms with Crippen LogP contribution in [0.3, 0.4) is 0 Å². The Bertz CT molecular complexity index is 1390. The molecule has 3 atom stereocenters. The van der Waals surface area contributed by atoms with Gasteiger partial charge in [0.1, 0.15) is 11.6 Å². The van der Waals surface area contributed by atoms with Crippen molar-refractivity contribution < 1.29 is 41.4 Å². The normalized spacial score (nSPS) is 20.0. The van der Waals surface area contributed by atoms with E-state index in [0.29, 0.717) is 11.1 Å². The van der Waals surface area contributed by atoms with Gasteiger partial charge in [0.15, 0.2) is 6.29 Å². The summed E-state index contributed by atoms with van der Waals surface area (Å²) in [5.74, 6) is -0.542. The van der Waals surface area contributed by atoms with Crippen molar-refractivity contribution in [2.45, 2.75) is 45.0 Å². The highest BCUT2D eigenvalue weighted by atomic mass is 31.2. The highest BCUT2D eigenvalue weighted by Gasteiger charge is 2.37. The molecule has 0 bridgehead atoms. The van der Waals surface area contributed by atoms with Gasteiger partial charge in [-0.05, 0) is 49.2 Å². The van der Waals surface area contributed by atoms with E-state index in [-0.39, 0.29) is 35.5 Å². The number of aryl methyl sites for hydroxylation is 1. The molecule has 3 aromatic rings. The summed E-state index contributed by atoms with van der Waals surface area (Å²) in [6.07, 6.45) is -6.41. The van der Waals surface area contributed by atoms with Gasteiger partial charge in [-0.15, -0.1) is 9.55 Å². The van der Waals surface area contributed by atoms with E-state index in [1.165, 1.54) is 24.3 Å². The van der Waals surface area contributed by atoms with Gasteiger partial charge in [0, 0.05) is 6.54 Å². The molecule has 10 nitrogen and oxygen atoms in total. The van der Waals surface area contributed by atoms with Gasteiger partial charge in [-0.25, -0.2) is 13.8 Å². The van der Waals surface area contributed by atoms with Gasteiger partial charge in [0.05, 0.1) is 30.9 Å². The first-order chi connectivity index (χ1) is 17.7. The summed E-state index contributed by atoms with van der Waals surface area (Å²) in [7, 11) is -4.98. The zero-order valence-electron chi connectivity index (χ0n) is 20.2. The Morgan fingerprint density at radius 2 is 1.92 bits per heavy atom. The lowest BCUT2D eigenvalue weighted by Gasteiger charge is -2.41. The van der Waals surface area contributed by atoms with Crippen molar-refractivity contribution in [2.75, 3.05) is 13.2 Å². The number of benzene rings is 2. The summed E-state index contributed by atoms with van der Waals surface area (Å²) in [6, 6.07) is 8.32. The zero-order valence-corrected chi connectivity index (χ0v) is 21.1. The molecule has 1 saturated heterocycles. The Hall–Kier alpha value is -2.87. The number of morpholine rings is 1. The first-order valence-corrected chi connectivity index (χ1v) is 13.0. The van der Waals surface area contributed by atoms with E-state index in [0.717, 1.165) is 12.1 Å². The number of hydrogen-bond acceptors (Lipinski definition) is 6. The lowest BCUT2D eigenvalue weighted by Crippen LogP contribution is -2.46. The number of aromatic amines is 1. The number of ether oxygens (including phenoxy) is 2. The molecule has 4 rings (SSSR count). The van der Waals surface area contributed by atoms with E-state index in [2.05, 4.69) is 10.1 Å². The third kappa shape index (κ3) is 6.40. The molecule has 2 aromatic carbocycles. The molecule has 1 aliphatic rings. The fraction of sp³-hybridized carbons (Fsp3) is 0.391. The zero-order chi connectivity index (χ0) is 27.8. The van der Waals surface area contributed by atoms with Crippen LogP contribution in [0.5, 0.6) is 0 Å². The molecule has 1 fully saturated rings. The van der Waals surface area contributed by atoms with E-state index in [9.17, 15) is 36.7 Å². The lowest BCUT2D eigenvalue weighted by atomic mass is 10.0. The van der Waals surface area contributed by atoms with Crippen molar-refractivity contribution in [3.63, 3.8) is 0 Å². The topological polar surface area (TPSA) is 130 Å². The van der Waals surface area contributed by atoms with E-state index in [1.807, 2.05) is 0 Å².